The largest absolute Gasteiger partial charge is 0.448 e. The van der Waals surface area contributed by atoms with Crippen LogP contribution in [0.25, 0.3) is 0 Å². The van der Waals surface area contributed by atoms with Crippen LogP contribution in [0.1, 0.15) is 45.3 Å². The minimum atomic E-state index is -0.796. The summed E-state index contributed by atoms with van der Waals surface area (Å²) in [6, 6.07) is 5.84. The fourth-order valence-corrected chi connectivity index (χ4v) is 4.55. The molecule has 1 aliphatic rings. The molecule has 0 unspecified atom stereocenters. The van der Waals surface area contributed by atoms with E-state index in [4.69, 9.17) is 4.74 Å². The van der Waals surface area contributed by atoms with E-state index in [1.54, 1.807) is 18.3 Å². The SMILES string of the molecule is C[C@H]1CCc2sc(C(=O)O[C@H](C)C(=O)NCc3cccs3)cc2C1. The van der Waals surface area contributed by atoms with Gasteiger partial charge in [0.15, 0.2) is 6.10 Å². The van der Waals surface area contributed by atoms with Gasteiger partial charge in [-0.25, -0.2) is 4.79 Å². The Bertz CT molecular complexity index is 721. The molecule has 128 valence electrons. The zero-order valence-corrected chi connectivity index (χ0v) is 15.5. The Morgan fingerprint density at radius 2 is 2.29 bits per heavy atom. The van der Waals surface area contributed by atoms with Gasteiger partial charge in [-0.15, -0.1) is 22.7 Å². The number of aryl methyl sites for hydroxylation is 1. The molecule has 0 fully saturated rings. The first-order valence-electron chi connectivity index (χ1n) is 8.15. The van der Waals surface area contributed by atoms with Gasteiger partial charge in [0.05, 0.1) is 6.54 Å². The normalized spacial score (nSPS) is 17.8. The molecule has 1 aliphatic carbocycles. The van der Waals surface area contributed by atoms with Crippen molar-refractivity contribution in [3.05, 3.63) is 43.8 Å². The molecule has 0 radical (unpaired) electrons. The van der Waals surface area contributed by atoms with Gasteiger partial charge in [-0.3, -0.25) is 4.79 Å². The Labute approximate surface area is 149 Å². The first-order chi connectivity index (χ1) is 11.5. The van der Waals surface area contributed by atoms with Crippen LogP contribution < -0.4 is 5.32 Å². The van der Waals surface area contributed by atoms with Crippen LogP contribution in [0.3, 0.4) is 0 Å². The molecular weight excluding hydrogens is 342 g/mol. The van der Waals surface area contributed by atoms with E-state index in [1.165, 1.54) is 28.2 Å². The van der Waals surface area contributed by atoms with Crippen molar-refractivity contribution in [2.24, 2.45) is 5.92 Å². The predicted molar refractivity (Wildman–Crippen MR) is 96.6 cm³/mol. The number of carbonyl (C=O) groups excluding carboxylic acids is 2. The van der Waals surface area contributed by atoms with Crippen molar-refractivity contribution in [3.8, 4) is 0 Å². The minimum absolute atomic E-state index is 0.272. The third kappa shape index (κ3) is 4.05. The smallest absolute Gasteiger partial charge is 0.349 e. The molecule has 1 amide bonds. The molecule has 2 heterocycles. The van der Waals surface area contributed by atoms with Crippen molar-refractivity contribution in [2.75, 3.05) is 0 Å². The summed E-state index contributed by atoms with van der Waals surface area (Å²) < 4.78 is 5.34. The van der Waals surface area contributed by atoms with Gasteiger partial charge in [0, 0.05) is 9.75 Å². The van der Waals surface area contributed by atoms with Gasteiger partial charge in [-0.05, 0) is 55.2 Å². The lowest BCUT2D eigenvalue weighted by Crippen LogP contribution is -2.35. The summed E-state index contributed by atoms with van der Waals surface area (Å²) in [7, 11) is 0. The zero-order chi connectivity index (χ0) is 17.1. The highest BCUT2D eigenvalue weighted by atomic mass is 32.1. The van der Waals surface area contributed by atoms with E-state index in [0.29, 0.717) is 17.3 Å². The Hall–Kier alpha value is -1.66. The fourth-order valence-electron chi connectivity index (χ4n) is 2.81. The summed E-state index contributed by atoms with van der Waals surface area (Å²) in [6.07, 6.45) is 2.43. The monoisotopic (exact) mass is 363 g/mol. The van der Waals surface area contributed by atoms with E-state index >= 15 is 0 Å². The van der Waals surface area contributed by atoms with Crippen LogP contribution in [0, 0.1) is 5.92 Å². The Balaban J connectivity index is 1.55. The van der Waals surface area contributed by atoms with E-state index in [0.717, 1.165) is 17.7 Å². The van der Waals surface area contributed by atoms with Gasteiger partial charge < -0.3 is 10.1 Å². The molecule has 0 saturated heterocycles. The predicted octanol–water partition coefficient (Wildman–Crippen LogP) is 3.80. The topological polar surface area (TPSA) is 55.4 Å². The third-order valence-corrected chi connectivity index (χ3v) is 6.29. The van der Waals surface area contributed by atoms with Crippen molar-refractivity contribution in [3.63, 3.8) is 0 Å². The van der Waals surface area contributed by atoms with Crippen LogP contribution in [0.15, 0.2) is 23.6 Å². The number of fused-ring (bicyclic) bond motifs is 1. The summed E-state index contributed by atoms with van der Waals surface area (Å²) in [5, 5.41) is 4.76. The first kappa shape index (κ1) is 17.2. The lowest BCUT2D eigenvalue weighted by molar-refractivity contribution is -0.129. The second-order valence-electron chi connectivity index (χ2n) is 6.25. The third-order valence-electron chi connectivity index (χ3n) is 4.20. The van der Waals surface area contributed by atoms with Gasteiger partial charge in [-0.1, -0.05) is 13.0 Å². The van der Waals surface area contributed by atoms with Gasteiger partial charge in [-0.2, -0.15) is 0 Å². The average molecular weight is 364 g/mol. The van der Waals surface area contributed by atoms with Gasteiger partial charge in [0.2, 0.25) is 0 Å². The number of ether oxygens (including phenoxy) is 1. The highest BCUT2D eigenvalue weighted by molar-refractivity contribution is 7.14. The number of esters is 1. The Morgan fingerprint density at radius 1 is 1.46 bits per heavy atom. The maximum Gasteiger partial charge on any atom is 0.349 e. The van der Waals surface area contributed by atoms with Gasteiger partial charge >= 0.3 is 5.97 Å². The average Bonchev–Trinajstić information content (AvgIpc) is 3.21. The molecule has 0 aliphatic heterocycles. The summed E-state index contributed by atoms with van der Waals surface area (Å²) >= 11 is 3.09. The number of hydrogen-bond acceptors (Lipinski definition) is 5. The van der Waals surface area contributed by atoms with Crippen LogP contribution in [-0.4, -0.2) is 18.0 Å². The second-order valence-corrected chi connectivity index (χ2v) is 8.42. The van der Waals surface area contributed by atoms with Gasteiger partial charge in [0.1, 0.15) is 4.88 Å². The van der Waals surface area contributed by atoms with Crippen molar-refractivity contribution in [2.45, 2.75) is 45.8 Å². The van der Waals surface area contributed by atoms with Gasteiger partial charge in [0.25, 0.3) is 5.91 Å². The van der Waals surface area contributed by atoms with Crippen LogP contribution in [-0.2, 0) is 28.9 Å². The van der Waals surface area contributed by atoms with Crippen molar-refractivity contribution >= 4 is 34.6 Å². The number of nitrogens with one attached hydrogen (secondary N) is 1. The fraction of sp³-hybridized carbons (Fsp3) is 0.444. The van der Waals surface area contributed by atoms with Crippen LogP contribution in [0.2, 0.25) is 0 Å². The molecule has 0 aromatic carbocycles. The molecule has 4 nitrogen and oxygen atoms in total. The summed E-state index contributed by atoms with van der Waals surface area (Å²) in [6.45, 7) is 4.30. The van der Waals surface area contributed by atoms with E-state index < -0.39 is 12.1 Å². The number of carbonyl (C=O) groups is 2. The first-order valence-corrected chi connectivity index (χ1v) is 9.85. The molecule has 24 heavy (non-hydrogen) atoms. The molecule has 0 spiro atoms. The quantitative estimate of drug-likeness (QED) is 0.822. The van der Waals surface area contributed by atoms with Crippen molar-refractivity contribution in [1.82, 2.24) is 5.32 Å². The Morgan fingerprint density at radius 3 is 3.04 bits per heavy atom. The van der Waals surface area contributed by atoms with Crippen molar-refractivity contribution < 1.29 is 14.3 Å². The molecule has 2 aromatic rings. The molecule has 2 aromatic heterocycles. The standard InChI is InChI=1S/C18H21NO3S2/c1-11-5-6-15-13(8-11)9-16(24-15)18(21)22-12(2)17(20)19-10-14-4-3-7-23-14/h3-4,7,9,11-12H,5-6,8,10H2,1-2H3,(H,19,20)/t11-,12+/m0/s1. The van der Waals surface area contributed by atoms with E-state index in [9.17, 15) is 9.59 Å². The molecule has 1 N–H and O–H groups in total. The molecule has 0 saturated carbocycles. The Kier molecular flexibility index (Phi) is 5.36. The summed E-state index contributed by atoms with van der Waals surface area (Å²) in [5.74, 6) is -0.00885. The minimum Gasteiger partial charge on any atom is -0.448 e. The van der Waals surface area contributed by atoms with E-state index in [1.807, 2.05) is 23.6 Å². The molecule has 2 atom stereocenters. The molecule has 6 heteroatoms. The van der Waals surface area contributed by atoms with E-state index in [2.05, 4.69) is 12.2 Å². The molecule has 0 bridgehead atoms. The highest BCUT2D eigenvalue weighted by Crippen LogP contribution is 2.32. The maximum absolute atomic E-state index is 12.3. The number of rotatable bonds is 5. The summed E-state index contributed by atoms with van der Waals surface area (Å²) in [5.41, 5.74) is 1.26. The van der Waals surface area contributed by atoms with E-state index in [-0.39, 0.29) is 5.91 Å². The summed E-state index contributed by atoms with van der Waals surface area (Å²) in [4.78, 5) is 27.3. The number of amides is 1. The lowest BCUT2D eigenvalue weighted by atomic mass is 9.90. The molecular formula is C18H21NO3S2. The van der Waals surface area contributed by atoms with Crippen LogP contribution in [0.5, 0.6) is 0 Å². The number of hydrogen-bond donors (Lipinski definition) is 1. The second kappa shape index (κ2) is 7.49. The maximum atomic E-state index is 12.3. The van der Waals surface area contributed by atoms with Crippen molar-refractivity contribution in [1.29, 1.82) is 0 Å². The highest BCUT2D eigenvalue weighted by Gasteiger charge is 2.24. The van der Waals surface area contributed by atoms with Crippen LogP contribution >= 0.6 is 22.7 Å². The lowest BCUT2D eigenvalue weighted by Gasteiger charge is -2.16. The molecule has 3 rings (SSSR count). The number of thiophene rings is 2. The zero-order valence-electron chi connectivity index (χ0n) is 13.8. The van der Waals surface area contributed by atoms with Crippen LogP contribution in [0.4, 0.5) is 0 Å².